The van der Waals surface area contributed by atoms with E-state index >= 15 is 0 Å². The van der Waals surface area contributed by atoms with Crippen LogP contribution in [0, 0.1) is 6.92 Å². The number of benzene rings is 1. The Labute approximate surface area is 151 Å². The van der Waals surface area contributed by atoms with Crippen LogP contribution in [-0.2, 0) is 9.59 Å². The van der Waals surface area contributed by atoms with Crippen molar-refractivity contribution in [2.75, 3.05) is 4.90 Å². The Hall–Kier alpha value is -2.15. The summed E-state index contributed by atoms with van der Waals surface area (Å²) in [5, 5.41) is 4.51. The van der Waals surface area contributed by atoms with Gasteiger partial charge in [-0.25, -0.2) is 9.69 Å². The van der Waals surface area contributed by atoms with Crippen LogP contribution in [0.2, 0.25) is 10.0 Å². The van der Waals surface area contributed by atoms with Gasteiger partial charge in [0.2, 0.25) is 0 Å². The molecule has 1 aromatic heterocycles. The lowest BCUT2D eigenvalue weighted by atomic mass is 10.1. The summed E-state index contributed by atoms with van der Waals surface area (Å²) in [6.45, 7) is 1.87. The van der Waals surface area contributed by atoms with Crippen LogP contribution in [0.15, 0.2) is 35.2 Å². The highest BCUT2D eigenvalue weighted by molar-refractivity contribution is 7.11. The van der Waals surface area contributed by atoms with Crippen LogP contribution in [0.3, 0.4) is 0 Å². The van der Waals surface area contributed by atoms with Gasteiger partial charge in [0.05, 0.1) is 10.7 Å². The number of halogens is 2. The minimum atomic E-state index is -0.853. The van der Waals surface area contributed by atoms with Crippen molar-refractivity contribution in [3.63, 3.8) is 0 Å². The molecule has 0 saturated carbocycles. The minimum absolute atomic E-state index is 0.131. The molecule has 0 aliphatic carbocycles. The normalized spacial score (nSPS) is 16.7. The van der Waals surface area contributed by atoms with Gasteiger partial charge in [0.1, 0.15) is 5.57 Å². The number of urea groups is 1. The first-order chi connectivity index (χ1) is 11.4. The van der Waals surface area contributed by atoms with Crippen LogP contribution in [0.1, 0.15) is 10.4 Å². The fourth-order valence-electron chi connectivity index (χ4n) is 2.20. The van der Waals surface area contributed by atoms with E-state index in [0.717, 1.165) is 15.3 Å². The Bertz CT molecular complexity index is 904. The number of hydrogen-bond acceptors (Lipinski definition) is 4. The largest absolute Gasteiger partial charge is 0.335 e. The molecule has 1 aliphatic heterocycles. The Morgan fingerprint density at radius 1 is 1.17 bits per heavy atom. The highest BCUT2D eigenvalue weighted by atomic mass is 35.5. The maximum absolute atomic E-state index is 12.7. The van der Waals surface area contributed by atoms with Crippen LogP contribution in [0.25, 0.3) is 6.08 Å². The van der Waals surface area contributed by atoms with Crippen molar-refractivity contribution in [3.8, 4) is 0 Å². The van der Waals surface area contributed by atoms with Gasteiger partial charge < -0.3 is 0 Å². The summed E-state index contributed by atoms with van der Waals surface area (Å²) in [4.78, 5) is 38.5. The van der Waals surface area contributed by atoms with Gasteiger partial charge in [0.15, 0.2) is 0 Å². The lowest BCUT2D eigenvalue weighted by Gasteiger charge is -2.27. The highest BCUT2D eigenvalue weighted by Gasteiger charge is 2.37. The molecule has 2 heterocycles. The molecule has 122 valence electrons. The third kappa shape index (κ3) is 2.96. The summed E-state index contributed by atoms with van der Waals surface area (Å²) in [5.41, 5.74) is 0.956. The van der Waals surface area contributed by atoms with Crippen molar-refractivity contribution in [2.45, 2.75) is 6.92 Å². The third-order valence-electron chi connectivity index (χ3n) is 3.43. The summed E-state index contributed by atoms with van der Waals surface area (Å²) >= 11 is 13.3. The SMILES string of the molecule is Cc1ccsc1/C=C1\C(=O)NC(=O)N(c2ccc(Cl)cc2Cl)C1=O. The number of nitrogens with one attached hydrogen (secondary N) is 1. The fourth-order valence-corrected chi connectivity index (χ4v) is 3.55. The molecule has 1 fully saturated rings. The van der Waals surface area contributed by atoms with Crippen LogP contribution >= 0.6 is 34.5 Å². The van der Waals surface area contributed by atoms with E-state index in [0.29, 0.717) is 5.02 Å². The molecule has 24 heavy (non-hydrogen) atoms. The zero-order valence-electron chi connectivity index (χ0n) is 12.3. The summed E-state index contributed by atoms with van der Waals surface area (Å²) in [5.74, 6) is -1.47. The van der Waals surface area contributed by atoms with E-state index < -0.39 is 17.8 Å². The molecule has 8 heteroatoms. The molecule has 0 bridgehead atoms. The number of carbonyl (C=O) groups is 3. The van der Waals surface area contributed by atoms with Crippen molar-refractivity contribution in [1.29, 1.82) is 0 Å². The van der Waals surface area contributed by atoms with Crippen molar-refractivity contribution in [3.05, 3.63) is 55.7 Å². The summed E-state index contributed by atoms with van der Waals surface area (Å²) in [6, 6.07) is 5.40. The monoisotopic (exact) mass is 380 g/mol. The average molecular weight is 381 g/mol. The van der Waals surface area contributed by atoms with Gasteiger partial charge in [0, 0.05) is 9.90 Å². The van der Waals surface area contributed by atoms with Crippen LogP contribution in [-0.4, -0.2) is 17.8 Å². The number of hydrogen-bond donors (Lipinski definition) is 1. The predicted octanol–water partition coefficient (Wildman–Crippen LogP) is 4.03. The fraction of sp³-hybridized carbons (Fsp3) is 0.0625. The van der Waals surface area contributed by atoms with E-state index in [1.54, 1.807) is 0 Å². The second-order valence-corrected chi connectivity index (χ2v) is 6.81. The quantitative estimate of drug-likeness (QED) is 0.631. The summed E-state index contributed by atoms with van der Waals surface area (Å²) in [6.07, 6.45) is 1.47. The first-order valence-corrected chi connectivity index (χ1v) is 8.42. The molecule has 1 aliphatic rings. The molecule has 0 radical (unpaired) electrons. The Kier molecular flexibility index (Phi) is 4.45. The maximum Gasteiger partial charge on any atom is 0.335 e. The Morgan fingerprint density at radius 2 is 1.92 bits per heavy atom. The van der Waals surface area contributed by atoms with E-state index in [9.17, 15) is 14.4 Å². The first-order valence-electron chi connectivity index (χ1n) is 6.79. The van der Waals surface area contributed by atoms with Crippen molar-refractivity contribution in [1.82, 2.24) is 5.32 Å². The topological polar surface area (TPSA) is 66.5 Å². The van der Waals surface area contributed by atoms with Gasteiger partial charge in [-0.15, -0.1) is 11.3 Å². The second kappa shape index (κ2) is 6.39. The Balaban J connectivity index is 2.06. The van der Waals surface area contributed by atoms with Gasteiger partial charge >= 0.3 is 6.03 Å². The number of barbiturate groups is 1. The van der Waals surface area contributed by atoms with Crippen LogP contribution in [0.4, 0.5) is 10.5 Å². The number of aryl methyl sites for hydroxylation is 1. The second-order valence-electron chi connectivity index (χ2n) is 5.02. The predicted molar refractivity (Wildman–Crippen MR) is 94.5 cm³/mol. The number of imide groups is 2. The average Bonchev–Trinajstić information content (AvgIpc) is 2.90. The smallest absolute Gasteiger partial charge is 0.273 e. The van der Waals surface area contributed by atoms with Gasteiger partial charge in [-0.3, -0.25) is 14.9 Å². The third-order valence-corrected chi connectivity index (χ3v) is 4.93. The molecule has 1 aromatic carbocycles. The standard InChI is InChI=1S/C16H10Cl2N2O3S/c1-8-4-5-24-13(8)7-10-14(21)19-16(23)20(15(10)22)12-3-2-9(17)6-11(12)18/h2-7H,1H3,(H,19,21,23)/b10-7+. The molecular formula is C16H10Cl2N2O3S. The summed E-state index contributed by atoms with van der Waals surface area (Å²) in [7, 11) is 0. The number of amides is 4. The van der Waals surface area contributed by atoms with Gasteiger partial charge in [-0.05, 0) is 48.2 Å². The van der Waals surface area contributed by atoms with Crippen molar-refractivity contribution >= 4 is 64.1 Å². The minimum Gasteiger partial charge on any atom is -0.273 e. The van der Waals surface area contributed by atoms with E-state index in [2.05, 4.69) is 5.32 Å². The molecule has 0 spiro atoms. The van der Waals surface area contributed by atoms with Gasteiger partial charge in [-0.1, -0.05) is 23.2 Å². The highest BCUT2D eigenvalue weighted by Crippen LogP contribution is 2.31. The van der Waals surface area contributed by atoms with Crippen molar-refractivity contribution < 1.29 is 14.4 Å². The molecule has 0 unspecified atom stereocenters. The molecule has 2 aromatic rings. The van der Waals surface area contributed by atoms with E-state index in [4.69, 9.17) is 23.2 Å². The van der Waals surface area contributed by atoms with Crippen molar-refractivity contribution in [2.24, 2.45) is 0 Å². The number of rotatable bonds is 2. The first kappa shape index (κ1) is 16.7. The lowest BCUT2D eigenvalue weighted by Crippen LogP contribution is -2.54. The number of carbonyl (C=O) groups excluding carboxylic acids is 3. The number of thiophene rings is 1. The lowest BCUT2D eigenvalue weighted by molar-refractivity contribution is -0.122. The van der Waals surface area contributed by atoms with Gasteiger partial charge in [-0.2, -0.15) is 0 Å². The molecule has 5 nitrogen and oxygen atoms in total. The summed E-state index contributed by atoms with van der Waals surface area (Å²) < 4.78 is 0. The molecule has 0 atom stereocenters. The van der Waals surface area contributed by atoms with E-state index in [-0.39, 0.29) is 16.3 Å². The maximum atomic E-state index is 12.7. The zero-order valence-corrected chi connectivity index (χ0v) is 14.6. The number of anilines is 1. The molecule has 3 rings (SSSR count). The van der Waals surface area contributed by atoms with Crippen LogP contribution in [0.5, 0.6) is 0 Å². The Morgan fingerprint density at radius 3 is 2.54 bits per heavy atom. The molecule has 4 amide bonds. The zero-order chi connectivity index (χ0) is 17.4. The van der Waals surface area contributed by atoms with E-state index in [1.165, 1.54) is 35.6 Å². The molecular weight excluding hydrogens is 371 g/mol. The van der Waals surface area contributed by atoms with Crippen LogP contribution < -0.4 is 10.2 Å². The molecule has 1 N–H and O–H groups in total. The number of nitrogens with zero attached hydrogens (tertiary/aromatic N) is 1. The molecule has 1 saturated heterocycles. The van der Waals surface area contributed by atoms with E-state index in [1.807, 2.05) is 18.4 Å². The van der Waals surface area contributed by atoms with Gasteiger partial charge in [0.25, 0.3) is 11.8 Å².